The lowest BCUT2D eigenvalue weighted by atomic mass is 10.1. The van der Waals surface area contributed by atoms with Crippen molar-refractivity contribution >= 4 is 39.0 Å². The minimum absolute atomic E-state index is 0.0643. The van der Waals surface area contributed by atoms with Crippen molar-refractivity contribution in [3.05, 3.63) is 57.6 Å². The van der Waals surface area contributed by atoms with Gasteiger partial charge in [-0.25, -0.2) is 13.2 Å². The van der Waals surface area contributed by atoms with Gasteiger partial charge in [0.1, 0.15) is 5.75 Å². The molecule has 2 rings (SSSR count). The molecule has 0 fully saturated rings. The second-order valence-corrected chi connectivity index (χ2v) is 7.95. The van der Waals surface area contributed by atoms with Gasteiger partial charge in [0, 0.05) is 10.6 Å². The summed E-state index contributed by atoms with van der Waals surface area (Å²) >= 11 is 11.7. The first-order chi connectivity index (χ1) is 12.9. The Balaban J connectivity index is 2.49. The molecule has 0 radical (unpaired) electrons. The SMILES string of the molecule is O=C(O)COc1ccc(Cl)cc1C#Cc1cc(S(=O)(=O)C(F)(F)F)ccc1Cl. The van der Waals surface area contributed by atoms with E-state index in [0.29, 0.717) is 6.07 Å². The van der Waals surface area contributed by atoms with Crippen LogP contribution in [0.2, 0.25) is 10.0 Å². The van der Waals surface area contributed by atoms with Gasteiger partial charge in [-0.05, 0) is 36.4 Å². The lowest BCUT2D eigenvalue weighted by Crippen LogP contribution is -2.23. The highest BCUT2D eigenvalue weighted by atomic mass is 35.5. The molecular weight excluding hydrogens is 444 g/mol. The highest BCUT2D eigenvalue weighted by molar-refractivity contribution is 7.92. The summed E-state index contributed by atoms with van der Waals surface area (Å²) in [5, 5.41) is 8.85. The predicted octanol–water partition coefficient (Wildman–Crippen LogP) is 4.15. The van der Waals surface area contributed by atoms with E-state index in [1.807, 2.05) is 0 Å². The van der Waals surface area contributed by atoms with Gasteiger partial charge in [0.25, 0.3) is 9.84 Å². The first kappa shape index (κ1) is 21.9. The smallest absolute Gasteiger partial charge is 0.481 e. The second kappa shape index (κ2) is 8.31. The Kier molecular flexibility index (Phi) is 6.49. The summed E-state index contributed by atoms with van der Waals surface area (Å²) in [7, 11) is -5.57. The number of carboxylic acids is 1. The number of carbonyl (C=O) groups is 1. The monoisotopic (exact) mass is 452 g/mol. The van der Waals surface area contributed by atoms with Crippen LogP contribution in [0.5, 0.6) is 5.75 Å². The molecule has 0 aliphatic heterocycles. The van der Waals surface area contributed by atoms with Gasteiger partial charge in [-0.1, -0.05) is 35.0 Å². The highest BCUT2D eigenvalue weighted by Gasteiger charge is 2.46. The zero-order valence-corrected chi connectivity index (χ0v) is 15.9. The predicted molar refractivity (Wildman–Crippen MR) is 95.3 cm³/mol. The van der Waals surface area contributed by atoms with Crippen LogP contribution < -0.4 is 4.74 Å². The molecule has 0 aromatic heterocycles. The van der Waals surface area contributed by atoms with Gasteiger partial charge in [-0.15, -0.1) is 0 Å². The van der Waals surface area contributed by atoms with Gasteiger partial charge in [-0.3, -0.25) is 0 Å². The van der Waals surface area contributed by atoms with Crippen molar-refractivity contribution in [3.8, 4) is 17.6 Å². The van der Waals surface area contributed by atoms with Crippen LogP contribution in [-0.4, -0.2) is 31.6 Å². The average molecular weight is 453 g/mol. The number of aliphatic carboxylic acids is 1. The number of ether oxygens (including phenoxy) is 1. The molecule has 0 amide bonds. The van der Waals surface area contributed by atoms with Crippen LogP contribution in [0.4, 0.5) is 13.2 Å². The van der Waals surface area contributed by atoms with Gasteiger partial charge >= 0.3 is 11.5 Å². The van der Waals surface area contributed by atoms with E-state index < -0.39 is 32.8 Å². The Labute approximate surface area is 167 Å². The van der Waals surface area contributed by atoms with Gasteiger partial charge in [0.05, 0.1) is 15.5 Å². The number of hydrogen-bond acceptors (Lipinski definition) is 4. The summed E-state index contributed by atoms with van der Waals surface area (Å²) in [4.78, 5) is 9.62. The van der Waals surface area contributed by atoms with Crippen molar-refractivity contribution in [1.82, 2.24) is 0 Å². The summed E-state index contributed by atoms with van der Waals surface area (Å²) in [5.41, 5.74) is -5.53. The van der Waals surface area contributed by atoms with Crippen LogP contribution >= 0.6 is 23.2 Å². The van der Waals surface area contributed by atoms with E-state index in [1.54, 1.807) is 0 Å². The molecule has 0 heterocycles. The summed E-state index contributed by atoms with van der Waals surface area (Å²) in [5.74, 6) is 3.82. The third-order valence-corrected chi connectivity index (χ3v) is 5.23. The van der Waals surface area contributed by atoms with Crippen LogP contribution in [-0.2, 0) is 14.6 Å². The van der Waals surface area contributed by atoms with Crippen molar-refractivity contribution in [1.29, 1.82) is 0 Å². The summed E-state index contributed by atoms with van der Waals surface area (Å²) in [6.45, 7) is -0.656. The van der Waals surface area contributed by atoms with E-state index in [-0.39, 0.29) is 26.9 Å². The van der Waals surface area contributed by atoms with E-state index in [0.717, 1.165) is 12.1 Å². The first-order valence-electron chi connectivity index (χ1n) is 7.19. The molecular formula is C17H9Cl2F3O5S. The topological polar surface area (TPSA) is 80.7 Å². The second-order valence-electron chi connectivity index (χ2n) is 5.16. The molecule has 0 unspecified atom stereocenters. The fourth-order valence-electron chi connectivity index (χ4n) is 1.90. The van der Waals surface area contributed by atoms with Crippen molar-refractivity contribution in [2.75, 3.05) is 6.61 Å². The highest BCUT2D eigenvalue weighted by Crippen LogP contribution is 2.32. The van der Waals surface area contributed by atoms with Crippen molar-refractivity contribution in [2.24, 2.45) is 0 Å². The largest absolute Gasteiger partial charge is 0.501 e. The molecule has 0 bridgehead atoms. The molecule has 1 N–H and O–H groups in total. The fraction of sp³-hybridized carbons (Fsp3) is 0.118. The molecule has 2 aromatic rings. The van der Waals surface area contributed by atoms with E-state index in [9.17, 15) is 26.4 Å². The van der Waals surface area contributed by atoms with Crippen LogP contribution in [0.1, 0.15) is 11.1 Å². The molecule has 2 aromatic carbocycles. The van der Waals surface area contributed by atoms with Crippen molar-refractivity contribution in [3.63, 3.8) is 0 Å². The number of rotatable bonds is 4. The van der Waals surface area contributed by atoms with E-state index >= 15 is 0 Å². The van der Waals surface area contributed by atoms with Gasteiger partial charge < -0.3 is 9.84 Å². The Morgan fingerprint density at radius 2 is 1.71 bits per heavy atom. The maximum absolute atomic E-state index is 12.7. The quantitative estimate of drug-likeness (QED) is 0.704. The minimum atomic E-state index is -5.57. The van der Waals surface area contributed by atoms with Crippen LogP contribution in [0, 0.1) is 11.8 Å². The molecule has 0 saturated heterocycles. The van der Waals surface area contributed by atoms with Gasteiger partial charge in [-0.2, -0.15) is 13.2 Å². The zero-order valence-electron chi connectivity index (χ0n) is 13.5. The Bertz CT molecular complexity index is 1090. The van der Waals surface area contributed by atoms with Gasteiger partial charge in [0.2, 0.25) is 0 Å². The van der Waals surface area contributed by atoms with Gasteiger partial charge in [0.15, 0.2) is 6.61 Å². The molecule has 0 aliphatic carbocycles. The molecule has 0 aliphatic rings. The number of alkyl halides is 3. The molecule has 28 heavy (non-hydrogen) atoms. The molecule has 5 nitrogen and oxygen atoms in total. The summed E-state index contributed by atoms with van der Waals surface area (Å²) in [6, 6.07) is 6.52. The lowest BCUT2D eigenvalue weighted by molar-refractivity contribution is -0.139. The number of benzene rings is 2. The fourth-order valence-corrected chi connectivity index (χ4v) is 3.03. The number of hydrogen-bond donors (Lipinski definition) is 1. The number of halogens is 5. The average Bonchev–Trinajstić information content (AvgIpc) is 2.58. The van der Waals surface area contributed by atoms with Crippen LogP contribution in [0.15, 0.2) is 41.3 Å². The van der Waals surface area contributed by atoms with Crippen molar-refractivity contribution < 1.29 is 36.2 Å². The molecule has 0 spiro atoms. The maximum Gasteiger partial charge on any atom is 0.501 e. The van der Waals surface area contributed by atoms with E-state index in [2.05, 4.69) is 11.8 Å². The standard InChI is InChI=1S/C17H9Cl2F3O5S/c18-12-3-6-15(27-9-16(23)24)11(7-12)2-1-10-8-13(4-5-14(10)19)28(25,26)17(20,21)22/h3-8H,9H2,(H,23,24). The van der Waals surface area contributed by atoms with Crippen molar-refractivity contribution in [2.45, 2.75) is 10.4 Å². The Morgan fingerprint density at radius 3 is 2.32 bits per heavy atom. The summed E-state index contributed by atoms with van der Waals surface area (Å²) < 4.78 is 66.3. The van der Waals surface area contributed by atoms with E-state index in [4.69, 9.17) is 33.0 Å². The maximum atomic E-state index is 12.7. The Hall–Kier alpha value is -2.41. The summed E-state index contributed by atoms with van der Waals surface area (Å²) in [6.07, 6.45) is 0. The third-order valence-electron chi connectivity index (χ3n) is 3.18. The zero-order chi connectivity index (χ0) is 21.1. The molecule has 148 valence electrons. The lowest BCUT2D eigenvalue weighted by Gasteiger charge is -2.09. The Morgan fingerprint density at radius 1 is 1.07 bits per heavy atom. The first-order valence-corrected chi connectivity index (χ1v) is 9.43. The number of sulfone groups is 1. The molecule has 11 heteroatoms. The number of carboxylic acid groups (broad SMARTS) is 1. The van der Waals surface area contributed by atoms with Crippen LogP contribution in [0.3, 0.4) is 0 Å². The minimum Gasteiger partial charge on any atom is -0.481 e. The van der Waals surface area contributed by atoms with Crippen LogP contribution in [0.25, 0.3) is 0 Å². The molecule has 0 saturated carbocycles. The molecule has 0 atom stereocenters. The third kappa shape index (κ3) is 5.10. The van der Waals surface area contributed by atoms with E-state index in [1.165, 1.54) is 18.2 Å². The normalized spacial score (nSPS) is 11.5.